The molecule has 1 aromatic carbocycles. The number of rotatable bonds is 8. The minimum absolute atomic E-state index is 0. The lowest BCUT2D eigenvalue weighted by Crippen LogP contribution is -2.41. The Balaban J connectivity index is 0.00000312. The smallest absolute Gasteiger partial charge is 0.193 e. The summed E-state index contributed by atoms with van der Waals surface area (Å²) in [6.07, 6.45) is 4.56. The van der Waals surface area contributed by atoms with Crippen LogP contribution >= 0.6 is 24.0 Å². The average molecular weight is 454 g/mol. The van der Waals surface area contributed by atoms with E-state index in [4.69, 9.17) is 4.74 Å². The van der Waals surface area contributed by atoms with Crippen LogP contribution in [0.2, 0.25) is 0 Å². The highest BCUT2D eigenvalue weighted by Crippen LogP contribution is 2.07. The molecule has 1 heterocycles. The quantitative estimate of drug-likeness (QED) is 0.378. The zero-order valence-corrected chi connectivity index (χ0v) is 17.2. The lowest BCUT2D eigenvalue weighted by Gasteiger charge is -2.22. The lowest BCUT2D eigenvalue weighted by atomic mass is 10.2. The van der Waals surface area contributed by atoms with Gasteiger partial charge >= 0.3 is 0 Å². The Morgan fingerprint density at radius 1 is 1.20 bits per heavy atom. The van der Waals surface area contributed by atoms with Crippen molar-refractivity contribution in [3.05, 3.63) is 60.4 Å². The molecule has 0 aliphatic carbocycles. The van der Waals surface area contributed by atoms with Crippen molar-refractivity contribution >= 4 is 29.9 Å². The van der Waals surface area contributed by atoms with Gasteiger partial charge in [0.05, 0.1) is 6.54 Å². The summed E-state index contributed by atoms with van der Waals surface area (Å²) in [5.74, 6) is 1.79. The fourth-order valence-electron chi connectivity index (χ4n) is 2.23. The van der Waals surface area contributed by atoms with Crippen LogP contribution in [0.4, 0.5) is 0 Å². The first-order chi connectivity index (χ1) is 11.8. The van der Waals surface area contributed by atoms with E-state index in [0.717, 1.165) is 37.8 Å². The van der Waals surface area contributed by atoms with E-state index >= 15 is 0 Å². The summed E-state index contributed by atoms with van der Waals surface area (Å²) in [5, 5.41) is 3.32. The number of nitrogens with zero attached hydrogens (tertiary/aromatic N) is 3. The van der Waals surface area contributed by atoms with Crippen molar-refractivity contribution in [1.82, 2.24) is 15.2 Å². The number of halogens is 1. The maximum Gasteiger partial charge on any atom is 0.193 e. The van der Waals surface area contributed by atoms with Crippen molar-refractivity contribution in [2.45, 2.75) is 13.3 Å². The molecule has 0 saturated carbocycles. The SMILES string of the molecule is CCNC(=NCCc1cccnc1)N(C)CCOc1ccccc1.I. The number of benzene rings is 1. The van der Waals surface area contributed by atoms with Crippen molar-refractivity contribution in [2.75, 3.05) is 33.3 Å². The maximum atomic E-state index is 5.75. The van der Waals surface area contributed by atoms with Crippen LogP contribution in [0.15, 0.2) is 59.9 Å². The van der Waals surface area contributed by atoms with Gasteiger partial charge in [0.1, 0.15) is 12.4 Å². The molecule has 2 rings (SSSR count). The molecule has 0 unspecified atom stereocenters. The topological polar surface area (TPSA) is 49.8 Å². The van der Waals surface area contributed by atoms with Gasteiger partial charge in [0, 0.05) is 32.5 Å². The number of ether oxygens (including phenoxy) is 1. The van der Waals surface area contributed by atoms with Crippen molar-refractivity contribution < 1.29 is 4.74 Å². The minimum Gasteiger partial charge on any atom is -0.492 e. The van der Waals surface area contributed by atoms with E-state index in [-0.39, 0.29) is 24.0 Å². The number of para-hydroxylation sites is 1. The zero-order valence-electron chi connectivity index (χ0n) is 14.9. The number of guanidine groups is 1. The molecule has 0 amide bonds. The third-order valence-corrected chi connectivity index (χ3v) is 3.52. The van der Waals surface area contributed by atoms with Crippen molar-refractivity contribution in [3.63, 3.8) is 0 Å². The van der Waals surface area contributed by atoms with E-state index in [1.165, 1.54) is 5.56 Å². The maximum absolute atomic E-state index is 5.75. The van der Waals surface area contributed by atoms with Crippen LogP contribution in [0.3, 0.4) is 0 Å². The summed E-state index contributed by atoms with van der Waals surface area (Å²) in [5.41, 5.74) is 1.20. The Morgan fingerprint density at radius 3 is 2.68 bits per heavy atom. The van der Waals surface area contributed by atoms with Crippen molar-refractivity contribution in [2.24, 2.45) is 4.99 Å². The van der Waals surface area contributed by atoms with Crippen molar-refractivity contribution in [1.29, 1.82) is 0 Å². The predicted molar refractivity (Wildman–Crippen MR) is 114 cm³/mol. The van der Waals surface area contributed by atoms with Gasteiger partial charge in [-0.05, 0) is 37.1 Å². The molecule has 25 heavy (non-hydrogen) atoms. The standard InChI is InChI=1S/C19H26N4O.HI/c1-3-21-19(22-13-11-17-8-7-12-20-16-17)23(2)14-15-24-18-9-5-4-6-10-18;/h4-10,12,16H,3,11,13-15H2,1-2H3,(H,21,22);1H. The molecule has 0 spiro atoms. The normalized spacial score (nSPS) is 10.7. The molecular formula is C19H27IN4O. The number of likely N-dealkylation sites (N-methyl/N-ethyl adjacent to an activating group) is 1. The molecule has 2 aromatic rings. The summed E-state index contributed by atoms with van der Waals surface area (Å²) in [6.45, 7) is 5.04. The van der Waals surface area contributed by atoms with Gasteiger partial charge in [-0.1, -0.05) is 24.3 Å². The van der Waals surface area contributed by atoms with Gasteiger partial charge in [0.25, 0.3) is 0 Å². The summed E-state index contributed by atoms with van der Waals surface area (Å²) in [6, 6.07) is 13.9. The molecule has 6 heteroatoms. The first kappa shape index (κ1) is 21.2. The summed E-state index contributed by atoms with van der Waals surface area (Å²) in [7, 11) is 2.03. The molecule has 0 fully saturated rings. The van der Waals surface area contributed by atoms with Gasteiger partial charge in [-0.2, -0.15) is 0 Å². The fourth-order valence-corrected chi connectivity index (χ4v) is 2.23. The first-order valence-electron chi connectivity index (χ1n) is 8.35. The van der Waals surface area contributed by atoms with Gasteiger partial charge in [-0.25, -0.2) is 0 Å². The minimum atomic E-state index is 0. The van der Waals surface area contributed by atoms with Gasteiger partial charge in [-0.3, -0.25) is 9.98 Å². The van der Waals surface area contributed by atoms with E-state index in [2.05, 4.69) is 33.2 Å². The Hall–Kier alpha value is -1.83. The van der Waals surface area contributed by atoms with Gasteiger partial charge in [-0.15, -0.1) is 24.0 Å². The molecule has 0 bridgehead atoms. The second kappa shape index (κ2) is 12.5. The average Bonchev–Trinajstić information content (AvgIpc) is 2.63. The second-order valence-electron chi connectivity index (χ2n) is 5.43. The number of pyridine rings is 1. The molecule has 136 valence electrons. The highest BCUT2D eigenvalue weighted by Gasteiger charge is 2.05. The Bertz CT molecular complexity index is 607. The van der Waals surface area contributed by atoms with E-state index in [0.29, 0.717) is 6.61 Å². The van der Waals surface area contributed by atoms with Crippen LogP contribution in [0, 0.1) is 0 Å². The van der Waals surface area contributed by atoms with Crippen LogP contribution in [-0.2, 0) is 6.42 Å². The van der Waals surface area contributed by atoms with Gasteiger partial charge in [0.15, 0.2) is 5.96 Å². The van der Waals surface area contributed by atoms with E-state index < -0.39 is 0 Å². The molecule has 0 aliphatic rings. The van der Waals surface area contributed by atoms with Crippen LogP contribution < -0.4 is 10.1 Å². The highest BCUT2D eigenvalue weighted by atomic mass is 127. The molecule has 0 atom stereocenters. The van der Waals surface area contributed by atoms with E-state index in [1.807, 2.05) is 49.6 Å². The Kier molecular flexibility index (Phi) is 10.6. The predicted octanol–water partition coefficient (Wildman–Crippen LogP) is 3.22. The molecular weight excluding hydrogens is 427 g/mol. The molecule has 0 aliphatic heterocycles. The second-order valence-corrected chi connectivity index (χ2v) is 5.43. The van der Waals surface area contributed by atoms with Crippen LogP contribution in [-0.4, -0.2) is 49.1 Å². The number of aliphatic imine (C=N–C) groups is 1. The molecule has 5 nitrogen and oxygen atoms in total. The summed E-state index contributed by atoms with van der Waals surface area (Å²) in [4.78, 5) is 10.9. The molecule has 0 saturated heterocycles. The third kappa shape index (κ3) is 8.20. The Labute approximate surface area is 167 Å². The summed E-state index contributed by atoms with van der Waals surface area (Å²) < 4.78 is 5.75. The number of nitrogens with one attached hydrogen (secondary N) is 1. The number of hydrogen-bond donors (Lipinski definition) is 1. The monoisotopic (exact) mass is 454 g/mol. The summed E-state index contributed by atoms with van der Waals surface area (Å²) >= 11 is 0. The first-order valence-corrected chi connectivity index (χ1v) is 8.35. The highest BCUT2D eigenvalue weighted by molar-refractivity contribution is 14.0. The van der Waals surface area contributed by atoms with Crippen LogP contribution in [0.5, 0.6) is 5.75 Å². The lowest BCUT2D eigenvalue weighted by molar-refractivity contribution is 0.281. The van der Waals surface area contributed by atoms with E-state index in [1.54, 1.807) is 6.20 Å². The van der Waals surface area contributed by atoms with Crippen molar-refractivity contribution in [3.8, 4) is 5.75 Å². The third-order valence-electron chi connectivity index (χ3n) is 3.52. The fraction of sp³-hybridized carbons (Fsp3) is 0.368. The number of aromatic nitrogens is 1. The zero-order chi connectivity index (χ0) is 17.0. The van der Waals surface area contributed by atoms with Crippen LogP contribution in [0.1, 0.15) is 12.5 Å². The van der Waals surface area contributed by atoms with Gasteiger partial charge < -0.3 is 15.0 Å². The molecule has 1 aromatic heterocycles. The largest absolute Gasteiger partial charge is 0.492 e. The van der Waals surface area contributed by atoms with E-state index in [9.17, 15) is 0 Å². The van der Waals surface area contributed by atoms with Gasteiger partial charge in [0.2, 0.25) is 0 Å². The van der Waals surface area contributed by atoms with Crippen LogP contribution in [0.25, 0.3) is 0 Å². The molecule has 0 radical (unpaired) electrons. The molecule has 1 N–H and O–H groups in total. The Morgan fingerprint density at radius 2 is 2.00 bits per heavy atom. The number of hydrogen-bond acceptors (Lipinski definition) is 3.